The quantitative estimate of drug-likeness (QED) is 0.841. The lowest BCUT2D eigenvalue weighted by atomic mass is 9.99. The van der Waals surface area contributed by atoms with Crippen molar-refractivity contribution in [1.82, 2.24) is 5.32 Å². The maximum atomic E-state index is 5.47. The van der Waals surface area contributed by atoms with Crippen LogP contribution in [0.15, 0.2) is 12.1 Å². The van der Waals surface area contributed by atoms with Crippen molar-refractivity contribution in [3.63, 3.8) is 0 Å². The number of rotatable bonds is 6. The topological polar surface area (TPSA) is 30.5 Å². The van der Waals surface area contributed by atoms with Crippen LogP contribution in [0, 0.1) is 0 Å². The Morgan fingerprint density at radius 1 is 1.00 bits per heavy atom. The minimum atomic E-state index is 0.418. The van der Waals surface area contributed by atoms with E-state index in [0.29, 0.717) is 12.0 Å². The lowest BCUT2D eigenvalue weighted by molar-refractivity contribution is 0.390. The Morgan fingerprint density at radius 3 is 2.06 bits per heavy atom. The predicted octanol–water partition coefficient (Wildman–Crippen LogP) is 3.33. The standard InChI is InChI=1S/C15H25NO2/c1-10(2)13-8-14(17-5)12(7-15(13)18-6)9-16-11(3)4/h7-8,10-11,16H,9H2,1-6H3. The summed E-state index contributed by atoms with van der Waals surface area (Å²) in [4.78, 5) is 0. The predicted molar refractivity (Wildman–Crippen MR) is 75.6 cm³/mol. The van der Waals surface area contributed by atoms with Gasteiger partial charge in [-0.1, -0.05) is 27.7 Å². The molecule has 1 rings (SSSR count). The van der Waals surface area contributed by atoms with Crippen molar-refractivity contribution >= 4 is 0 Å². The van der Waals surface area contributed by atoms with Crippen LogP contribution in [0.3, 0.4) is 0 Å². The minimum absolute atomic E-state index is 0.418. The highest BCUT2D eigenvalue weighted by Crippen LogP contribution is 2.33. The van der Waals surface area contributed by atoms with Gasteiger partial charge >= 0.3 is 0 Å². The summed E-state index contributed by atoms with van der Waals surface area (Å²) in [6.07, 6.45) is 0. The average molecular weight is 251 g/mol. The lowest BCUT2D eigenvalue weighted by Crippen LogP contribution is -2.22. The highest BCUT2D eigenvalue weighted by Gasteiger charge is 2.13. The molecule has 0 aliphatic carbocycles. The molecule has 1 aromatic carbocycles. The molecule has 0 aromatic heterocycles. The number of ether oxygens (including phenoxy) is 2. The van der Waals surface area contributed by atoms with E-state index in [1.807, 2.05) is 0 Å². The van der Waals surface area contributed by atoms with E-state index in [4.69, 9.17) is 9.47 Å². The molecule has 3 heteroatoms. The summed E-state index contributed by atoms with van der Waals surface area (Å²) in [5, 5.41) is 3.40. The Labute approximate surface area is 110 Å². The Bertz CT molecular complexity index is 386. The van der Waals surface area contributed by atoms with E-state index in [1.165, 1.54) is 5.56 Å². The smallest absolute Gasteiger partial charge is 0.123 e. The van der Waals surface area contributed by atoms with Gasteiger partial charge in [0.25, 0.3) is 0 Å². The summed E-state index contributed by atoms with van der Waals surface area (Å²) in [5.41, 5.74) is 2.31. The van der Waals surface area contributed by atoms with E-state index in [1.54, 1.807) is 14.2 Å². The fraction of sp³-hybridized carbons (Fsp3) is 0.600. The summed E-state index contributed by atoms with van der Waals surface area (Å²) in [6, 6.07) is 4.61. The van der Waals surface area contributed by atoms with Crippen molar-refractivity contribution in [3.8, 4) is 11.5 Å². The summed E-state index contributed by atoms with van der Waals surface area (Å²) >= 11 is 0. The number of nitrogens with one attached hydrogen (secondary N) is 1. The summed E-state index contributed by atoms with van der Waals surface area (Å²) in [7, 11) is 3.43. The Kier molecular flexibility index (Phi) is 5.48. The third kappa shape index (κ3) is 3.64. The van der Waals surface area contributed by atoms with Gasteiger partial charge in [-0.15, -0.1) is 0 Å². The molecule has 0 aliphatic rings. The van der Waals surface area contributed by atoms with Crippen molar-refractivity contribution in [2.75, 3.05) is 14.2 Å². The fourth-order valence-corrected chi connectivity index (χ4v) is 1.89. The molecule has 0 fully saturated rings. The third-order valence-electron chi connectivity index (χ3n) is 2.96. The second kappa shape index (κ2) is 6.64. The van der Waals surface area contributed by atoms with Gasteiger partial charge in [0.05, 0.1) is 14.2 Å². The van der Waals surface area contributed by atoms with Crippen molar-refractivity contribution in [1.29, 1.82) is 0 Å². The molecule has 1 aromatic rings. The van der Waals surface area contributed by atoms with Crippen molar-refractivity contribution in [3.05, 3.63) is 23.3 Å². The molecule has 0 aliphatic heterocycles. The second-order valence-corrected chi connectivity index (χ2v) is 5.10. The largest absolute Gasteiger partial charge is 0.496 e. The number of hydrogen-bond donors (Lipinski definition) is 1. The molecular weight excluding hydrogens is 226 g/mol. The van der Waals surface area contributed by atoms with Gasteiger partial charge in [-0.2, -0.15) is 0 Å². The molecule has 0 bridgehead atoms. The molecule has 1 N–H and O–H groups in total. The molecule has 0 heterocycles. The van der Waals surface area contributed by atoms with Gasteiger partial charge in [-0.3, -0.25) is 0 Å². The maximum absolute atomic E-state index is 5.47. The highest BCUT2D eigenvalue weighted by molar-refractivity contribution is 5.47. The Hall–Kier alpha value is -1.22. The zero-order valence-electron chi connectivity index (χ0n) is 12.3. The van der Waals surface area contributed by atoms with Crippen LogP contribution in [-0.4, -0.2) is 20.3 Å². The van der Waals surface area contributed by atoms with E-state index in [0.717, 1.165) is 23.6 Å². The van der Waals surface area contributed by atoms with Crippen molar-refractivity contribution in [2.24, 2.45) is 0 Å². The first-order chi connectivity index (χ1) is 8.49. The van der Waals surface area contributed by atoms with Gasteiger partial charge in [-0.25, -0.2) is 0 Å². The Morgan fingerprint density at radius 2 is 1.61 bits per heavy atom. The SMILES string of the molecule is COc1cc(C(C)C)c(OC)cc1CNC(C)C. The zero-order chi connectivity index (χ0) is 13.7. The van der Waals surface area contributed by atoms with Crippen LogP contribution in [0.4, 0.5) is 0 Å². The van der Waals surface area contributed by atoms with Crippen LogP contribution >= 0.6 is 0 Å². The molecule has 3 nitrogen and oxygen atoms in total. The van der Waals surface area contributed by atoms with Gasteiger partial charge in [-0.05, 0) is 18.1 Å². The number of benzene rings is 1. The number of hydrogen-bond acceptors (Lipinski definition) is 3. The molecule has 0 saturated carbocycles. The summed E-state index contributed by atoms with van der Waals surface area (Å²) in [6.45, 7) is 9.36. The van der Waals surface area contributed by atoms with E-state index < -0.39 is 0 Å². The lowest BCUT2D eigenvalue weighted by Gasteiger charge is -2.18. The molecule has 0 amide bonds. The average Bonchev–Trinajstić information content (AvgIpc) is 2.34. The van der Waals surface area contributed by atoms with Gasteiger partial charge in [0.1, 0.15) is 11.5 Å². The summed E-state index contributed by atoms with van der Waals surface area (Å²) < 4.78 is 10.9. The molecule has 18 heavy (non-hydrogen) atoms. The van der Waals surface area contributed by atoms with Crippen LogP contribution in [-0.2, 0) is 6.54 Å². The fourth-order valence-electron chi connectivity index (χ4n) is 1.89. The molecular formula is C15H25NO2. The van der Waals surface area contributed by atoms with E-state index in [9.17, 15) is 0 Å². The van der Waals surface area contributed by atoms with Crippen LogP contribution in [0.1, 0.15) is 44.7 Å². The van der Waals surface area contributed by atoms with Crippen molar-refractivity contribution < 1.29 is 9.47 Å². The highest BCUT2D eigenvalue weighted by atomic mass is 16.5. The number of methoxy groups -OCH3 is 2. The third-order valence-corrected chi connectivity index (χ3v) is 2.96. The zero-order valence-corrected chi connectivity index (χ0v) is 12.3. The van der Waals surface area contributed by atoms with E-state index >= 15 is 0 Å². The minimum Gasteiger partial charge on any atom is -0.496 e. The Balaban J connectivity index is 3.09. The molecule has 0 atom stereocenters. The van der Waals surface area contributed by atoms with Crippen LogP contribution in [0.5, 0.6) is 11.5 Å². The van der Waals surface area contributed by atoms with E-state index in [-0.39, 0.29) is 0 Å². The molecule has 102 valence electrons. The summed E-state index contributed by atoms with van der Waals surface area (Å²) in [5.74, 6) is 2.28. The monoisotopic (exact) mass is 251 g/mol. The normalized spacial score (nSPS) is 11.1. The van der Waals surface area contributed by atoms with Gasteiger partial charge in [0, 0.05) is 23.7 Å². The second-order valence-electron chi connectivity index (χ2n) is 5.10. The van der Waals surface area contributed by atoms with Crippen LogP contribution < -0.4 is 14.8 Å². The first-order valence-electron chi connectivity index (χ1n) is 6.47. The molecule has 0 radical (unpaired) electrons. The van der Waals surface area contributed by atoms with Gasteiger partial charge in [0.2, 0.25) is 0 Å². The van der Waals surface area contributed by atoms with E-state index in [2.05, 4.69) is 45.1 Å². The van der Waals surface area contributed by atoms with Crippen LogP contribution in [0.25, 0.3) is 0 Å². The van der Waals surface area contributed by atoms with Crippen molar-refractivity contribution in [2.45, 2.75) is 46.2 Å². The molecule has 0 saturated heterocycles. The maximum Gasteiger partial charge on any atom is 0.123 e. The first-order valence-corrected chi connectivity index (χ1v) is 6.47. The van der Waals surface area contributed by atoms with Gasteiger partial charge < -0.3 is 14.8 Å². The molecule has 0 spiro atoms. The van der Waals surface area contributed by atoms with Crippen LogP contribution in [0.2, 0.25) is 0 Å². The van der Waals surface area contributed by atoms with Gasteiger partial charge in [0.15, 0.2) is 0 Å². The first kappa shape index (κ1) is 14.8. The molecule has 0 unspecified atom stereocenters.